The third kappa shape index (κ3) is 2.08. The minimum absolute atomic E-state index is 0.0607. The van der Waals surface area contributed by atoms with Gasteiger partial charge in [-0.1, -0.05) is 19.3 Å². The molecule has 0 aromatic heterocycles. The van der Waals surface area contributed by atoms with Crippen molar-refractivity contribution < 1.29 is 4.79 Å². The van der Waals surface area contributed by atoms with Crippen molar-refractivity contribution in [2.24, 2.45) is 4.99 Å². The van der Waals surface area contributed by atoms with Crippen LogP contribution in [0.15, 0.2) is 4.99 Å². The minimum Gasteiger partial charge on any atom is -0.351 e. The summed E-state index contributed by atoms with van der Waals surface area (Å²) in [5.74, 6) is 0.0607. The Labute approximate surface area is 78.6 Å². The molecular weight excluding hydrogens is 164 g/mol. The van der Waals surface area contributed by atoms with Crippen molar-refractivity contribution in [3.63, 3.8) is 0 Å². The Morgan fingerprint density at radius 2 is 2.00 bits per heavy atom. The Balaban J connectivity index is 1.96. The van der Waals surface area contributed by atoms with E-state index in [1.807, 2.05) is 0 Å². The smallest absolute Gasteiger partial charge is 0.265 e. The van der Waals surface area contributed by atoms with Gasteiger partial charge < -0.3 is 5.32 Å². The van der Waals surface area contributed by atoms with E-state index in [2.05, 4.69) is 10.3 Å². The molecule has 1 heterocycles. The van der Waals surface area contributed by atoms with Gasteiger partial charge in [0.2, 0.25) is 0 Å². The summed E-state index contributed by atoms with van der Waals surface area (Å²) in [5.41, 5.74) is 0.784. The van der Waals surface area contributed by atoms with Crippen LogP contribution in [0.5, 0.6) is 0 Å². The molecule has 0 atom stereocenters. The number of aliphatic imine (C=N–C) groups is 1. The summed E-state index contributed by atoms with van der Waals surface area (Å²) in [6.07, 6.45) is 7.09. The van der Waals surface area contributed by atoms with Crippen molar-refractivity contribution in [3.8, 4) is 0 Å². The number of carbonyl (C=O) groups is 1. The molecule has 72 valence electrons. The van der Waals surface area contributed by atoms with Gasteiger partial charge in [-0.2, -0.15) is 0 Å². The Morgan fingerprint density at radius 1 is 1.23 bits per heavy atom. The molecule has 1 aliphatic carbocycles. The second-order valence-corrected chi connectivity index (χ2v) is 3.87. The molecule has 0 spiro atoms. The molecule has 13 heavy (non-hydrogen) atoms. The average molecular weight is 180 g/mol. The van der Waals surface area contributed by atoms with Crippen LogP contribution in [-0.2, 0) is 4.79 Å². The van der Waals surface area contributed by atoms with Crippen molar-refractivity contribution in [2.75, 3.05) is 6.54 Å². The fourth-order valence-electron chi connectivity index (χ4n) is 2.06. The predicted molar refractivity (Wildman–Crippen MR) is 51.9 cm³/mol. The van der Waals surface area contributed by atoms with Crippen LogP contribution in [0, 0.1) is 0 Å². The molecule has 1 aliphatic heterocycles. The monoisotopic (exact) mass is 180 g/mol. The standard InChI is InChI=1S/C10H16N2O/c13-10-9(6-7-11-10)12-8-4-2-1-3-5-8/h8H,1-7H2,(H,11,13). The van der Waals surface area contributed by atoms with Gasteiger partial charge in [-0.3, -0.25) is 9.79 Å². The lowest BCUT2D eigenvalue weighted by molar-refractivity contribution is -0.114. The van der Waals surface area contributed by atoms with Crippen molar-refractivity contribution >= 4 is 11.6 Å². The molecule has 3 nitrogen and oxygen atoms in total. The quantitative estimate of drug-likeness (QED) is 0.649. The lowest BCUT2D eigenvalue weighted by Crippen LogP contribution is -2.21. The SMILES string of the molecule is O=C1NCCC1=NC1CCCCC1. The van der Waals surface area contributed by atoms with Gasteiger partial charge in [0, 0.05) is 13.0 Å². The average Bonchev–Trinajstić information content (AvgIpc) is 2.54. The molecule has 0 radical (unpaired) electrons. The van der Waals surface area contributed by atoms with Crippen molar-refractivity contribution in [1.29, 1.82) is 0 Å². The summed E-state index contributed by atoms with van der Waals surface area (Å²) in [6.45, 7) is 0.782. The summed E-state index contributed by atoms with van der Waals surface area (Å²) in [5, 5.41) is 2.79. The topological polar surface area (TPSA) is 41.5 Å². The van der Waals surface area contributed by atoms with E-state index in [0.29, 0.717) is 6.04 Å². The number of hydrogen-bond donors (Lipinski definition) is 1. The van der Waals surface area contributed by atoms with E-state index in [-0.39, 0.29) is 5.91 Å². The van der Waals surface area contributed by atoms with E-state index in [1.54, 1.807) is 0 Å². The predicted octanol–water partition coefficient (Wildman–Crippen LogP) is 1.28. The first kappa shape index (κ1) is 8.73. The molecule has 1 amide bonds. The van der Waals surface area contributed by atoms with Gasteiger partial charge >= 0.3 is 0 Å². The zero-order valence-electron chi connectivity index (χ0n) is 7.88. The number of hydrogen-bond acceptors (Lipinski definition) is 2. The van der Waals surface area contributed by atoms with E-state index < -0.39 is 0 Å². The third-order valence-corrected chi connectivity index (χ3v) is 2.82. The largest absolute Gasteiger partial charge is 0.351 e. The molecule has 0 unspecified atom stereocenters. The first-order chi connectivity index (χ1) is 6.36. The molecule has 0 aromatic carbocycles. The molecule has 2 aliphatic rings. The first-order valence-electron chi connectivity index (χ1n) is 5.21. The van der Waals surface area contributed by atoms with Crippen LogP contribution < -0.4 is 5.32 Å². The first-order valence-corrected chi connectivity index (χ1v) is 5.21. The van der Waals surface area contributed by atoms with E-state index in [1.165, 1.54) is 32.1 Å². The highest BCUT2D eigenvalue weighted by Crippen LogP contribution is 2.20. The Hall–Kier alpha value is -0.860. The van der Waals surface area contributed by atoms with Crippen LogP contribution in [0.25, 0.3) is 0 Å². The third-order valence-electron chi connectivity index (χ3n) is 2.82. The summed E-state index contributed by atoms with van der Waals surface area (Å²) < 4.78 is 0. The lowest BCUT2D eigenvalue weighted by Gasteiger charge is -2.17. The van der Waals surface area contributed by atoms with E-state index in [9.17, 15) is 4.79 Å². The van der Waals surface area contributed by atoms with Gasteiger partial charge in [0.1, 0.15) is 5.71 Å². The summed E-state index contributed by atoms with van der Waals surface area (Å²) in [4.78, 5) is 15.7. The molecule has 1 N–H and O–H groups in total. The number of nitrogens with one attached hydrogen (secondary N) is 1. The Morgan fingerprint density at radius 3 is 2.62 bits per heavy atom. The van der Waals surface area contributed by atoms with Crippen LogP contribution >= 0.6 is 0 Å². The zero-order chi connectivity index (χ0) is 9.10. The number of rotatable bonds is 1. The Bertz CT molecular complexity index is 229. The maximum atomic E-state index is 11.2. The molecule has 3 heteroatoms. The summed E-state index contributed by atoms with van der Waals surface area (Å²) >= 11 is 0. The second kappa shape index (κ2) is 3.90. The number of carbonyl (C=O) groups excluding carboxylic acids is 1. The van der Waals surface area contributed by atoms with E-state index >= 15 is 0 Å². The highest BCUT2D eigenvalue weighted by molar-refractivity contribution is 6.40. The van der Waals surface area contributed by atoms with Crippen LogP contribution in [0.2, 0.25) is 0 Å². The van der Waals surface area contributed by atoms with Crippen LogP contribution in [-0.4, -0.2) is 24.2 Å². The van der Waals surface area contributed by atoms with Gasteiger partial charge in [0.05, 0.1) is 6.04 Å². The molecule has 1 saturated heterocycles. The number of nitrogens with zero attached hydrogens (tertiary/aromatic N) is 1. The van der Waals surface area contributed by atoms with Crippen molar-refractivity contribution in [1.82, 2.24) is 5.32 Å². The maximum Gasteiger partial charge on any atom is 0.265 e. The highest BCUT2D eigenvalue weighted by atomic mass is 16.2. The lowest BCUT2D eigenvalue weighted by atomic mass is 9.96. The molecule has 1 saturated carbocycles. The van der Waals surface area contributed by atoms with Crippen LogP contribution in [0.1, 0.15) is 38.5 Å². The highest BCUT2D eigenvalue weighted by Gasteiger charge is 2.20. The van der Waals surface area contributed by atoms with E-state index in [4.69, 9.17) is 0 Å². The van der Waals surface area contributed by atoms with Crippen LogP contribution in [0.4, 0.5) is 0 Å². The second-order valence-electron chi connectivity index (χ2n) is 3.87. The van der Waals surface area contributed by atoms with Crippen LogP contribution in [0.3, 0.4) is 0 Å². The van der Waals surface area contributed by atoms with Crippen molar-refractivity contribution in [2.45, 2.75) is 44.6 Å². The van der Waals surface area contributed by atoms with Gasteiger partial charge in [-0.25, -0.2) is 0 Å². The number of amides is 1. The minimum atomic E-state index is 0.0607. The molecule has 2 fully saturated rings. The molecule has 0 aromatic rings. The summed E-state index contributed by atoms with van der Waals surface area (Å²) in [6, 6.07) is 0.438. The molecular formula is C10H16N2O. The maximum absolute atomic E-state index is 11.2. The van der Waals surface area contributed by atoms with Gasteiger partial charge in [0.25, 0.3) is 5.91 Å². The van der Waals surface area contributed by atoms with Gasteiger partial charge in [-0.05, 0) is 12.8 Å². The molecule has 2 rings (SSSR count). The normalized spacial score (nSPS) is 28.0. The van der Waals surface area contributed by atoms with Crippen molar-refractivity contribution in [3.05, 3.63) is 0 Å². The fourth-order valence-corrected chi connectivity index (χ4v) is 2.06. The molecule has 0 bridgehead atoms. The van der Waals surface area contributed by atoms with Gasteiger partial charge in [0.15, 0.2) is 0 Å². The summed E-state index contributed by atoms with van der Waals surface area (Å²) in [7, 11) is 0. The fraction of sp³-hybridized carbons (Fsp3) is 0.800. The Kier molecular flexibility index (Phi) is 2.62. The zero-order valence-corrected chi connectivity index (χ0v) is 7.88. The van der Waals surface area contributed by atoms with E-state index in [0.717, 1.165) is 18.7 Å². The van der Waals surface area contributed by atoms with Gasteiger partial charge in [-0.15, -0.1) is 0 Å².